The van der Waals surface area contributed by atoms with E-state index in [9.17, 15) is 5.26 Å². The number of rotatable bonds is 1. The Balaban J connectivity index is 1.65. The highest BCUT2D eigenvalue weighted by molar-refractivity contribution is 5.80. The molecule has 6 heteroatoms. The smallest absolute Gasteiger partial charge is 0.208 e. The van der Waals surface area contributed by atoms with Crippen LogP contribution < -0.4 is 15.9 Å². The van der Waals surface area contributed by atoms with Gasteiger partial charge in [-0.05, 0) is 73.6 Å². The molecule has 30 heavy (non-hydrogen) atoms. The molecule has 2 aromatic rings. The van der Waals surface area contributed by atoms with Crippen molar-refractivity contribution in [2.24, 2.45) is 10.7 Å². The Morgan fingerprint density at radius 3 is 2.63 bits per heavy atom. The van der Waals surface area contributed by atoms with Gasteiger partial charge in [-0.15, -0.1) is 0 Å². The number of guanidine groups is 1. The van der Waals surface area contributed by atoms with E-state index in [2.05, 4.69) is 35.8 Å². The minimum Gasteiger partial charge on any atom is -0.487 e. The number of nitrogens with one attached hydrogen (secondary N) is 1. The Morgan fingerprint density at radius 1 is 1.13 bits per heavy atom. The fraction of sp³-hybridized carbons (Fsp3) is 0.417. The third-order valence-electron chi connectivity index (χ3n) is 6.64. The van der Waals surface area contributed by atoms with Gasteiger partial charge in [0.05, 0.1) is 11.6 Å². The third-order valence-corrected chi connectivity index (χ3v) is 6.64. The average Bonchev–Trinajstić information content (AvgIpc) is 3.01. The largest absolute Gasteiger partial charge is 0.487 e. The maximum Gasteiger partial charge on any atom is 0.208 e. The lowest BCUT2D eigenvalue weighted by molar-refractivity contribution is -0.0298. The molecule has 154 valence electrons. The summed E-state index contributed by atoms with van der Waals surface area (Å²) in [5, 5.41) is 11.2. The average molecular weight is 402 g/mol. The highest BCUT2D eigenvalue weighted by Crippen LogP contribution is 2.51. The van der Waals surface area contributed by atoms with Crippen molar-refractivity contribution in [3.05, 3.63) is 53.1 Å². The second-order valence-electron chi connectivity index (χ2n) is 8.93. The van der Waals surface area contributed by atoms with E-state index in [1.807, 2.05) is 26.1 Å². The number of nitrogens with two attached hydrogens (primary N) is 1. The molecular formula is C24H27N5O. The predicted octanol–water partition coefficient (Wildman–Crippen LogP) is 3.94. The molecule has 1 aliphatic carbocycles. The quantitative estimate of drug-likeness (QED) is 0.756. The van der Waals surface area contributed by atoms with E-state index in [0.29, 0.717) is 11.5 Å². The summed E-state index contributed by atoms with van der Waals surface area (Å²) in [6.07, 6.45) is 6.47. The van der Waals surface area contributed by atoms with Gasteiger partial charge in [0, 0.05) is 19.0 Å². The molecule has 0 aromatic heterocycles. The first kappa shape index (κ1) is 19.0. The predicted molar refractivity (Wildman–Crippen MR) is 117 cm³/mol. The summed E-state index contributed by atoms with van der Waals surface area (Å²) in [6.45, 7) is 2.01. The van der Waals surface area contributed by atoms with Crippen LogP contribution in [0.25, 0.3) is 11.1 Å². The van der Waals surface area contributed by atoms with Crippen LogP contribution in [0, 0.1) is 18.3 Å². The van der Waals surface area contributed by atoms with Gasteiger partial charge >= 0.3 is 0 Å². The topological polar surface area (TPSA) is 86.7 Å². The van der Waals surface area contributed by atoms with Crippen LogP contribution in [-0.2, 0) is 5.66 Å². The number of aryl methyl sites for hydroxylation is 1. The number of hydrazine groups is 1. The molecule has 0 radical (unpaired) electrons. The summed E-state index contributed by atoms with van der Waals surface area (Å²) in [6, 6.07) is 14.5. The van der Waals surface area contributed by atoms with E-state index in [1.54, 1.807) is 5.01 Å². The van der Waals surface area contributed by atoms with Gasteiger partial charge in [-0.25, -0.2) is 10.4 Å². The van der Waals surface area contributed by atoms with Gasteiger partial charge in [0.1, 0.15) is 11.4 Å². The van der Waals surface area contributed by atoms with E-state index in [4.69, 9.17) is 15.5 Å². The van der Waals surface area contributed by atoms with E-state index in [-0.39, 0.29) is 5.60 Å². The van der Waals surface area contributed by atoms with E-state index in [0.717, 1.165) is 47.3 Å². The first-order valence-corrected chi connectivity index (χ1v) is 10.6. The number of nitrogens with zero attached hydrogens (tertiary/aromatic N) is 3. The van der Waals surface area contributed by atoms with Gasteiger partial charge in [0.15, 0.2) is 5.66 Å². The molecule has 1 unspecified atom stereocenters. The summed E-state index contributed by atoms with van der Waals surface area (Å²) in [7, 11) is 1.90. The third kappa shape index (κ3) is 3.01. The normalized spacial score (nSPS) is 24.3. The molecule has 0 bridgehead atoms. The minimum absolute atomic E-state index is 0.202. The second kappa shape index (κ2) is 6.75. The van der Waals surface area contributed by atoms with Crippen LogP contribution in [0.1, 0.15) is 55.2 Å². The highest BCUT2D eigenvalue weighted by Gasteiger charge is 2.53. The van der Waals surface area contributed by atoms with Gasteiger partial charge in [-0.2, -0.15) is 5.26 Å². The van der Waals surface area contributed by atoms with Crippen LogP contribution >= 0.6 is 0 Å². The Kier molecular flexibility index (Phi) is 4.26. The molecule has 2 heterocycles. The minimum atomic E-state index is -0.623. The van der Waals surface area contributed by atoms with Gasteiger partial charge in [-0.3, -0.25) is 5.01 Å². The van der Waals surface area contributed by atoms with Crippen molar-refractivity contribution in [1.29, 1.82) is 5.26 Å². The lowest BCUT2D eigenvalue weighted by Gasteiger charge is -2.47. The lowest BCUT2D eigenvalue weighted by Crippen LogP contribution is -2.55. The van der Waals surface area contributed by atoms with Crippen molar-refractivity contribution in [2.75, 3.05) is 7.05 Å². The SMILES string of the molecule is Cc1cc(C#N)cc(-c2ccc3c(c2)C2(CC4(CCCCC4)O3)N=C(N)N(C)N2)c1. The molecule has 0 amide bonds. The highest BCUT2D eigenvalue weighted by atomic mass is 16.5. The zero-order valence-electron chi connectivity index (χ0n) is 17.5. The Labute approximate surface area is 177 Å². The number of fused-ring (bicyclic) bond motifs is 2. The zero-order valence-corrected chi connectivity index (χ0v) is 17.5. The van der Waals surface area contributed by atoms with E-state index >= 15 is 0 Å². The molecule has 5 rings (SSSR count). The Morgan fingerprint density at radius 2 is 1.93 bits per heavy atom. The summed E-state index contributed by atoms with van der Waals surface area (Å²) in [5.41, 5.74) is 13.7. The molecule has 2 aromatic carbocycles. The van der Waals surface area contributed by atoms with E-state index < -0.39 is 5.66 Å². The lowest BCUT2D eigenvalue weighted by atomic mass is 9.74. The maximum absolute atomic E-state index is 9.37. The number of nitriles is 1. The number of hydrogen-bond acceptors (Lipinski definition) is 6. The van der Waals surface area contributed by atoms with Gasteiger partial charge in [0.25, 0.3) is 0 Å². The van der Waals surface area contributed by atoms with Crippen LogP contribution in [0.15, 0.2) is 41.4 Å². The molecule has 6 nitrogen and oxygen atoms in total. The van der Waals surface area contributed by atoms with Crippen molar-refractivity contribution in [3.63, 3.8) is 0 Å². The van der Waals surface area contributed by atoms with Crippen LogP contribution in [0.5, 0.6) is 5.75 Å². The zero-order chi connectivity index (χ0) is 20.9. The molecule has 2 spiro atoms. The van der Waals surface area contributed by atoms with Crippen molar-refractivity contribution in [2.45, 2.75) is 56.7 Å². The van der Waals surface area contributed by atoms with E-state index in [1.165, 1.54) is 19.3 Å². The monoisotopic (exact) mass is 401 g/mol. The number of aliphatic imine (C=N–C) groups is 1. The molecule has 1 saturated carbocycles. The fourth-order valence-electron chi connectivity index (χ4n) is 5.27. The Hall–Kier alpha value is -3.04. The molecule has 0 saturated heterocycles. The van der Waals surface area contributed by atoms with Gasteiger partial charge in [-0.1, -0.05) is 18.6 Å². The summed E-state index contributed by atoms with van der Waals surface area (Å²) >= 11 is 0. The standard InChI is InChI=1S/C24H27N5O/c1-16-10-17(14-25)12-19(11-16)18-6-7-21-20(13-18)24(27-22(26)29(2)28-24)15-23(30-21)8-4-3-5-9-23/h6-7,10-13,28H,3-5,8-9,15H2,1-2H3,(H2,26,27). The van der Waals surface area contributed by atoms with Gasteiger partial charge < -0.3 is 10.5 Å². The first-order chi connectivity index (χ1) is 14.4. The maximum atomic E-state index is 9.37. The summed E-state index contributed by atoms with van der Waals surface area (Å²) < 4.78 is 6.66. The molecule has 1 atom stereocenters. The summed E-state index contributed by atoms with van der Waals surface area (Å²) in [5.74, 6) is 1.36. The number of ether oxygens (including phenoxy) is 1. The van der Waals surface area contributed by atoms with Crippen molar-refractivity contribution in [3.8, 4) is 22.9 Å². The Bertz CT molecular complexity index is 1080. The van der Waals surface area contributed by atoms with Crippen LogP contribution in [-0.4, -0.2) is 23.6 Å². The molecule has 1 fully saturated rings. The molecule has 3 N–H and O–H groups in total. The summed E-state index contributed by atoms with van der Waals surface area (Å²) in [4.78, 5) is 4.91. The van der Waals surface area contributed by atoms with Crippen LogP contribution in [0.4, 0.5) is 0 Å². The van der Waals surface area contributed by atoms with Crippen molar-refractivity contribution in [1.82, 2.24) is 10.4 Å². The van der Waals surface area contributed by atoms with Crippen LogP contribution in [0.2, 0.25) is 0 Å². The first-order valence-electron chi connectivity index (χ1n) is 10.6. The number of benzene rings is 2. The molecule has 3 aliphatic rings. The fourth-order valence-corrected chi connectivity index (χ4v) is 5.27. The van der Waals surface area contributed by atoms with Crippen molar-refractivity contribution >= 4 is 5.96 Å². The molecule has 2 aliphatic heterocycles. The number of hydrogen-bond donors (Lipinski definition) is 2. The second-order valence-corrected chi connectivity index (χ2v) is 8.93. The van der Waals surface area contributed by atoms with Crippen LogP contribution in [0.3, 0.4) is 0 Å². The van der Waals surface area contributed by atoms with Crippen molar-refractivity contribution < 1.29 is 4.74 Å². The van der Waals surface area contributed by atoms with Gasteiger partial charge in [0.2, 0.25) is 5.96 Å². The molecular weight excluding hydrogens is 374 g/mol.